The minimum Gasteiger partial charge on any atom is -0.458 e. The normalized spacial score (nSPS) is 15.7. The molecular formula is C59H160O10Si20. The summed E-state index contributed by atoms with van der Waals surface area (Å²) in [6, 6.07) is 21.5. The van der Waals surface area contributed by atoms with E-state index in [0.29, 0.717) is 0 Å². The minimum absolute atomic E-state index is 1.01. The Bertz CT molecular complexity index is 2110. The van der Waals surface area contributed by atoms with Gasteiger partial charge in [-0.1, -0.05) is 0 Å². The van der Waals surface area contributed by atoms with Gasteiger partial charge in [0.2, 0.25) is 0 Å². The predicted molar refractivity (Wildman–Crippen MR) is 454 cm³/mol. The maximum Gasteiger partial charge on any atom is 0.173 e. The van der Waals surface area contributed by atoms with Crippen LogP contribution in [0.5, 0.6) is 0 Å². The Hall–Kier alpha value is 3.94. The SMILES string of the molecule is C[SiH](C)O[Si](C)(C)CC[Si](C)(C)O[Si](C)(C)CC[Si](C)(C)O[Si](C)(C)CC[Si](C)(C)O[Si](C)(C)CC[Si](C)(C)O[Si](C)(C)CC[Si](C)(C)O[Si](C)(C)CC[Si](C)(C)O[Si](C)(C)CC[Si](C)(C)O[Si](C)(C)CC[Si](C)(C)O[Si](C)(C)CC[Si](C)(C)O[Si](C)(C)C. The first-order valence-corrected chi connectivity index (χ1v) is 97.9. The predicted octanol–water partition coefficient (Wildman–Crippen LogP) is 23.7. The molecule has 0 atom stereocenters. The highest BCUT2D eigenvalue weighted by molar-refractivity contribution is 6.94. The van der Waals surface area contributed by atoms with Gasteiger partial charge in [-0.3, -0.25) is 0 Å². The smallest absolute Gasteiger partial charge is 0.173 e. The second-order valence-corrected chi connectivity index (χ2v) is 127. The molecule has 0 radical (unpaired) electrons. The highest BCUT2D eigenvalue weighted by Crippen LogP contribution is 2.38. The van der Waals surface area contributed by atoms with E-state index in [1.165, 1.54) is 109 Å². The van der Waals surface area contributed by atoms with Crippen molar-refractivity contribution >= 4 is 167 Å². The summed E-state index contributed by atoms with van der Waals surface area (Å²) in [5.41, 5.74) is 0. The summed E-state index contributed by atoms with van der Waals surface area (Å²) < 4.78 is 71.7. The number of rotatable bonds is 47. The lowest BCUT2D eigenvalue weighted by molar-refractivity contribution is 0.512. The maximum atomic E-state index is 7.39. The van der Waals surface area contributed by atoms with Crippen LogP contribution in [0.1, 0.15) is 0 Å². The van der Waals surface area contributed by atoms with Gasteiger partial charge < -0.3 is 41.2 Å². The third-order valence-electron chi connectivity index (χ3n) is 17.5. The summed E-state index contributed by atoms with van der Waals surface area (Å²) in [6.45, 7) is 101. The molecule has 536 valence electrons. The molecule has 0 aromatic rings. The summed E-state index contributed by atoms with van der Waals surface area (Å²) in [5.74, 6) is 0. The van der Waals surface area contributed by atoms with Crippen LogP contribution < -0.4 is 0 Å². The third kappa shape index (κ3) is 46.9. The van der Waals surface area contributed by atoms with Gasteiger partial charge in [-0.05, 0) is 377 Å². The van der Waals surface area contributed by atoms with Crippen LogP contribution in [0.25, 0.3) is 0 Å². The van der Waals surface area contributed by atoms with E-state index in [9.17, 15) is 0 Å². The van der Waals surface area contributed by atoms with E-state index in [0.717, 1.165) is 0 Å². The fraction of sp³-hybridized carbons (Fsp3) is 1.00. The van der Waals surface area contributed by atoms with Crippen molar-refractivity contribution in [2.75, 3.05) is 0 Å². The molecule has 0 aromatic carbocycles. The first-order valence-electron chi connectivity index (χ1n) is 35.6. The van der Waals surface area contributed by atoms with Crippen LogP contribution in [-0.2, 0) is 41.2 Å². The highest BCUT2D eigenvalue weighted by atomic mass is 28.5. The molecule has 0 N–H and O–H groups in total. The van der Waals surface area contributed by atoms with Gasteiger partial charge in [-0.2, -0.15) is 0 Å². The molecule has 0 saturated carbocycles. The van der Waals surface area contributed by atoms with Crippen LogP contribution in [0, 0.1) is 0 Å². The zero-order valence-electron chi connectivity index (χ0n) is 67.9. The molecule has 0 amide bonds. The third-order valence-corrected chi connectivity index (χ3v) is 92.7. The van der Waals surface area contributed by atoms with Crippen molar-refractivity contribution in [1.29, 1.82) is 0 Å². The number of hydrogen-bond donors (Lipinski definition) is 0. The van der Waals surface area contributed by atoms with E-state index in [2.05, 4.69) is 268 Å². The van der Waals surface area contributed by atoms with Gasteiger partial charge in [0, 0.05) is 0 Å². The molecule has 0 aromatic heterocycles. The minimum atomic E-state index is -1.92. The molecule has 0 unspecified atom stereocenters. The molecule has 0 spiro atoms. The van der Waals surface area contributed by atoms with Crippen LogP contribution in [0.2, 0.25) is 377 Å². The van der Waals surface area contributed by atoms with E-state index in [4.69, 9.17) is 41.2 Å². The van der Waals surface area contributed by atoms with Crippen molar-refractivity contribution in [3.05, 3.63) is 0 Å². The van der Waals surface area contributed by atoms with E-state index in [-0.39, 0.29) is 0 Å². The molecule has 10 nitrogen and oxygen atoms in total. The van der Waals surface area contributed by atoms with E-state index < -0.39 is 167 Å². The van der Waals surface area contributed by atoms with E-state index >= 15 is 0 Å². The molecule has 30 heteroatoms. The second kappa shape index (κ2) is 34.3. The van der Waals surface area contributed by atoms with Crippen molar-refractivity contribution in [3.63, 3.8) is 0 Å². The molecule has 0 bridgehead atoms. The highest BCUT2D eigenvalue weighted by Gasteiger charge is 2.46. The van der Waals surface area contributed by atoms with Gasteiger partial charge in [-0.25, -0.2) is 0 Å². The topological polar surface area (TPSA) is 92.3 Å². The lowest BCUT2D eigenvalue weighted by atomic mass is 10.9. The Balaban J connectivity index is 5.32. The quantitative estimate of drug-likeness (QED) is 0.0549. The fourth-order valence-corrected chi connectivity index (χ4v) is 124. The van der Waals surface area contributed by atoms with Gasteiger partial charge in [-0.15, -0.1) is 0 Å². The average molecular weight is 1590 g/mol. The molecule has 0 aliphatic carbocycles. The van der Waals surface area contributed by atoms with Crippen molar-refractivity contribution in [1.82, 2.24) is 0 Å². The van der Waals surface area contributed by atoms with E-state index in [1.807, 2.05) is 0 Å². The summed E-state index contributed by atoms with van der Waals surface area (Å²) in [4.78, 5) is 0. The van der Waals surface area contributed by atoms with Crippen LogP contribution in [0.3, 0.4) is 0 Å². The maximum absolute atomic E-state index is 7.39. The van der Waals surface area contributed by atoms with Crippen LogP contribution >= 0.6 is 0 Å². The molecule has 0 fully saturated rings. The summed E-state index contributed by atoms with van der Waals surface area (Å²) >= 11 is 0. The van der Waals surface area contributed by atoms with Gasteiger partial charge in [0.05, 0.1) is 0 Å². The van der Waals surface area contributed by atoms with Crippen LogP contribution in [-0.4, -0.2) is 167 Å². The molecular weight excluding hydrogens is 1430 g/mol. The van der Waals surface area contributed by atoms with Crippen LogP contribution in [0.4, 0.5) is 0 Å². The van der Waals surface area contributed by atoms with Crippen molar-refractivity contribution in [3.8, 4) is 0 Å². The summed E-state index contributed by atoms with van der Waals surface area (Å²) in [6.07, 6.45) is 0. The van der Waals surface area contributed by atoms with Gasteiger partial charge in [0.25, 0.3) is 0 Å². The summed E-state index contributed by atoms with van der Waals surface area (Å²) in [5, 5.41) is 0. The van der Waals surface area contributed by atoms with Gasteiger partial charge in [0.1, 0.15) is 0 Å². The van der Waals surface area contributed by atoms with Gasteiger partial charge >= 0.3 is 0 Å². The first kappa shape index (κ1) is 92.9. The molecule has 89 heavy (non-hydrogen) atoms. The Kier molecular flexibility index (Phi) is 35.8. The van der Waals surface area contributed by atoms with Crippen LogP contribution in [0.15, 0.2) is 0 Å². The monoisotopic (exact) mass is 1590 g/mol. The first-order chi connectivity index (χ1) is 38.6. The lowest BCUT2D eigenvalue weighted by Gasteiger charge is -2.41. The molecule has 0 rings (SSSR count). The molecule has 0 heterocycles. The zero-order valence-corrected chi connectivity index (χ0v) is 88.0. The Morgan fingerprint density at radius 3 is 0.326 bits per heavy atom. The lowest BCUT2D eigenvalue weighted by Crippen LogP contribution is -2.51. The van der Waals surface area contributed by atoms with Crippen molar-refractivity contribution < 1.29 is 41.2 Å². The van der Waals surface area contributed by atoms with Crippen molar-refractivity contribution in [2.24, 2.45) is 0 Å². The van der Waals surface area contributed by atoms with Gasteiger partial charge in [0.15, 0.2) is 167 Å². The standard InChI is InChI=1S/C59H160O10Si20/c1-70(2)60-72(6,7)42-43-74(10,11)62-76(14,15)46-47-78(18,19)64-80(22,23)50-51-82(26,27)66-84(30,31)54-55-86(34,35)68-88(38,39)58-59-89(40,41)69-87(36,37)57-56-85(32,33)67-83(28,29)53-52-81(24,25)65-79(20,21)49-48-77(16,17)63-75(12,13)45-44-73(8,9)61-71(3,4)5/h70H,42-59H2,1-41H3. The average Bonchev–Trinajstić information content (AvgIpc) is 2.41. The van der Waals surface area contributed by atoms with E-state index in [1.54, 1.807) is 0 Å². The van der Waals surface area contributed by atoms with Crippen molar-refractivity contribution in [2.45, 2.75) is 377 Å². The molecule has 0 saturated heterocycles. The zero-order chi connectivity index (χ0) is 70.9. The summed E-state index contributed by atoms with van der Waals surface area (Å²) in [7, 11) is -35.9. The Morgan fingerprint density at radius 1 is 0.146 bits per heavy atom. The number of hydrogen-bond acceptors (Lipinski definition) is 10. The second-order valence-electron chi connectivity index (χ2n) is 40.4. The molecule has 0 aliphatic heterocycles. The largest absolute Gasteiger partial charge is 0.458 e. The molecule has 0 aliphatic rings. The Morgan fingerprint density at radius 2 is 0.236 bits per heavy atom. The fourth-order valence-electron chi connectivity index (χ4n) is 13.8. The Labute approximate surface area is 580 Å².